The van der Waals surface area contributed by atoms with Crippen LogP contribution in [0.4, 0.5) is 11.5 Å². The maximum Gasteiger partial charge on any atom is 0.186 e. The number of fused-ring (bicyclic) bond motifs is 2. The quantitative estimate of drug-likeness (QED) is 0.405. The minimum atomic E-state index is -3.71. The predicted octanol–water partition coefficient (Wildman–Crippen LogP) is 5.11. The molecule has 0 amide bonds. The molecule has 0 radical (unpaired) electrons. The first-order valence-corrected chi connectivity index (χ1v) is 13.5. The van der Waals surface area contributed by atoms with Crippen molar-refractivity contribution in [2.45, 2.75) is 49.4 Å². The summed E-state index contributed by atoms with van der Waals surface area (Å²) in [6.45, 7) is 6.26. The van der Waals surface area contributed by atoms with Crippen LogP contribution in [0, 0.1) is 0 Å². The van der Waals surface area contributed by atoms with E-state index in [0.717, 1.165) is 15.9 Å². The SMILES string of the molecule is CC(C)(C)S(=O)(=O)c1cc2c(Nc3ccc4scnc4c3)ncnc2cc1OC1CCOCC1. The van der Waals surface area contributed by atoms with Gasteiger partial charge in [-0.2, -0.15) is 0 Å². The largest absolute Gasteiger partial charge is 0.489 e. The fourth-order valence-electron chi connectivity index (χ4n) is 3.84. The van der Waals surface area contributed by atoms with E-state index in [2.05, 4.69) is 20.3 Å². The van der Waals surface area contributed by atoms with Gasteiger partial charge in [-0.25, -0.2) is 23.4 Å². The molecule has 0 unspecified atom stereocenters. The zero-order valence-electron chi connectivity index (χ0n) is 19.2. The van der Waals surface area contributed by atoms with Crippen molar-refractivity contribution in [3.8, 4) is 5.75 Å². The van der Waals surface area contributed by atoms with Crippen LogP contribution < -0.4 is 10.1 Å². The van der Waals surface area contributed by atoms with Crippen LogP contribution in [0.1, 0.15) is 33.6 Å². The number of anilines is 2. The van der Waals surface area contributed by atoms with Crippen molar-refractivity contribution in [1.82, 2.24) is 15.0 Å². The van der Waals surface area contributed by atoms with Gasteiger partial charge in [-0.15, -0.1) is 11.3 Å². The highest BCUT2D eigenvalue weighted by Crippen LogP contribution is 2.38. The van der Waals surface area contributed by atoms with Gasteiger partial charge in [0.2, 0.25) is 0 Å². The highest BCUT2D eigenvalue weighted by atomic mass is 32.2. The van der Waals surface area contributed by atoms with Crippen molar-refractivity contribution in [2.24, 2.45) is 0 Å². The van der Waals surface area contributed by atoms with Crippen molar-refractivity contribution in [1.29, 1.82) is 0 Å². The molecular formula is C24H26N4O4S2. The van der Waals surface area contributed by atoms with Gasteiger partial charge >= 0.3 is 0 Å². The number of ether oxygens (including phenoxy) is 2. The Labute approximate surface area is 202 Å². The zero-order valence-corrected chi connectivity index (χ0v) is 20.9. The van der Waals surface area contributed by atoms with Crippen molar-refractivity contribution in [3.05, 3.63) is 42.2 Å². The first-order valence-electron chi connectivity index (χ1n) is 11.1. The normalized spacial score (nSPS) is 15.6. The molecule has 5 rings (SSSR count). The molecule has 1 aliphatic heterocycles. The maximum atomic E-state index is 13.6. The van der Waals surface area contributed by atoms with E-state index in [1.807, 2.05) is 18.2 Å². The van der Waals surface area contributed by atoms with Crippen molar-refractivity contribution >= 4 is 53.8 Å². The summed E-state index contributed by atoms with van der Waals surface area (Å²) in [6.07, 6.45) is 2.78. The molecule has 2 aromatic heterocycles. The van der Waals surface area contributed by atoms with E-state index in [4.69, 9.17) is 9.47 Å². The monoisotopic (exact) mass is 498 g/mol. The second kappa shape index (κ2) is 8.75. The standard InChI is InChI=1S/C24H26N4O4S2/c1-24(2,3)34(29,30)22-11-17-18(12-20(22)32-16-6-8-31-9-7-16)25-13-26-23(17)28-15-4-5-21-19(10-15)27-14-33-21/h4-5,10-14,16H,6-9H2,1-3H3,(H,25,26,28). The number of benzene rings is 2. The van der Waals surface area contributed by atoms with Gasteiger partial charge in [0.1, 0.15) is 28.9 Å². The molecule has 8 nitrogen and oxygen atoms in total. The molecule has 4 aromatic rings. The number of nitrogens with zero attached hydrogens (tertiary/aromatic N) is 3. The molecule has 3 heterocycles. The van der Waals surface area contributed by atoms with Crippen LogP contribution in [0.5, 0.6) is 5.75 Å². The fraction of sp³-hybridized carbons (Fsp3) is 0.375. The third-order valence-electron chi connectivity index (χ3n) is 5.85. The summed E-state index contributed by atoms with van der Waals surface area (Å²) in [4.78, 5) is 13.3. The fourth-order valence-corrected chi connectivity index (χ4v) is 5.80. The smallest absolute Gasteiger partial charge is 0.186 e. The van der Waals surface area contributed by atoms with E-state index in [0.29, 0.717) is 48.5 Å². The van der Waals surface area contributed by atoms with Gasteiger partial charge in [-0.05, 0) is 45.0 Å². The van der Waals surface area contributed by atoms with E-state index in [1.54, 1.807) is 49.8 Å². The lowest BCUT2D eigenvalue weighted by molar-refractivity contribution is 0.0244. The summed E-state index contributed by atoms with van der Waals surface area (Å²) in [5.74, 6) is 0.838. The highest BCUT2D eigenvalue weighted by molar-refractivity contribution is 7.92. The van der Waals surface area contributed by atoms with Gasteiger partial charge in [-0.1, -0.05) is 0 Å². The Balaban J connectivity index is 1.62. The van der Waals surface area contributed by atoms with Gasteiger partial charge in [-0.3, -0.25) is 0 Å². The lowest BCUT2D eigenvalue weighted by Gasteiger charge is -2.27. The Morgan fingerprint density at radius 3 is 2.62 bits per heavy atom. The zero-order chi connectivity index (χ0) is 23.9. The van der Waals surface area contributed by atoms with Crippen LogP contribution >= 0.6 is 11.3 Å². The minimum Gasteiger partial charge on any atom is -0.489 e. The van der Waals surface area contributed by atoms with E-state index in [9.17, 15) is 8.42 Å². The first-order chi connectivity index (χ1) is 16.2. The number of rotatable bonds is 5. The maximum absolute atomic E-state index is 13.6. The lowest BCUT2D eigenvalue weighted by atomic mass is 10.1. The molecule has 0 aliphatic carbocycles. The van der Waals surface area contributed by atoms with Crippen LogP contribution in [0.2, 0.25) is 0 Å². The molecule has 34 heavy (non-hydrogen) atoms. The lowest BCUT2D eigenvalue weighted by Crippen LogP contribution is -2.30. The molecular weight excluding hydrogens is 472 g/mol. The van der Waals surface area contributed by atoms with Crippen LogP contribution in [0.3, 0.4) is 0 Å². The summed E-state index contributed by atoms with van der Waals surface area (Å²) in [6, 6.07) is 9.22. The van der Waals surface area contributed by atoms with Crippen LogP contribution in [0.25, 0.3) is 21.1 Å². The second-order valence-corrected chi connectivity index (χ2v) is 12.8. The first kappa shape index (κ1) is 22.9. The molecule has 10 heteroatoms. The Hall–Kier alpha value is -2.82. The number of aromatic nitrogens is 3. The third-order valence-corrected chi connectivity index (χ3v) is 9.17. The third kappa shape index (κ3) is 4.33. The average Bonchev–Trinajstić information content (AvgIpc) is 3.27. The van der Waals surface area contributed by atoms with Crippen LogP contribution in [-0.4, -0.2) is 47.4 Å². The Morgan fingerprint density at radius 1 is 1.06 bits per heavy atom. The molecule has 0 saturated carbocycles. The van der Waals surface area contributed by atoms with Crippen LogP contribution in [-0.2, 0) is 14.6 Å². The Morgan fingerprint density at radius 2 is 1.85 bits per heavy atom. The topological polar surface area (TPSA) is 103 Å². The van der Waals surface area contributed by atoms with Gasteiger partial charge in [0.25, 0.3) is 0 Å². The molecule has 1 fully saturated rings. The molecule has 0 bridgehead atoms. The van der Waals surface area contributed by atoms with Gasteiger partial charge < -0.3 is 14.8 Å². The van der Waals surface area contributed by atoms with Gasteiger partial charge in [0.15, 0.2) is 9.84 Å². The molecule has 0 atom stereocenters. The number of sulfone groups is 1. The number of hydrogen-bond acceptors (Lipinski definition) is 9. The molecule has 1 N–H and O–H groups in total. The Bertz CT molecular complexity index is 1460. The number of hydrogen-bond donors (Lipinski definition) is 1. The summed E-state index contributed by atoms with van der Waals surface area (Å²) >= 11 is 1.57. The van der Waals surface area contributed by atoms with E-state index < -0.39 is 14.6 Å². The van der Waals surface area contributed by atoms with Gasteiger partial charge in [0, 0.05) is 30.0 Å². The number of nitrogens with one attached hydrogen (secondary N) is 1. The minimum absolute atomic E-state index is 0.107. The summed E-state index contributed by atoms with van der Waals surface area (Å²) < 4.78 is 38.9. The summed E-state index contributed by atoms with van der Waals surface area (Å²) in [7, 11) is -3.71. The van der Waals surface area contributed by atoms with E-state index in [1.165, 1.54) is 6.33 Å². The average molecular weight is 499 g/mol. The van der Waals surface area contributed by atoms with Crippen molar-refractivity contribution in [3.63, 3.8) is 0 Å². The molecule has 178 valence electrons. The van der Waals surface area contributed by atoms with Crippen LogP contribution in [0.15, 0.2) is 47.1 Å². The predicted molar refractivity (Wildman–Crippen MR) is 134 cm³/mol. The highest BCUT2D eigenvalue weighted by Gasteiger charge is 2.35. The molecule has 1 saturated heterocycles. The summed E-state index contributed by atoms with van der Waals surface area (Å²) in [5.41, 5.74) is 4.10. The molecule has 2 aromatic carbocycles. The van der Waals surface area contributed by atoms with Gasteiger partial charge in [0.05, 0.1) is 39.2 Å². The number of thiazole rings is 1. The second-order valence-electron chi connectivity index (χ2n) is 9.24. The van der Waals surface area contributed by atoms with Crippen molar-refractivity contribution < 1.29 is 17.9 Å². The molecule has 0 spiro atoms. The molecule has 1 aliphatic rings. The summed E-state index contributed by atoms with van der Waals surface area (Å²) in [5, 5.41) is 3.91. The van der Waals surface area contributed by atoms with Crippen molar-refractivity contribution in [2.75, 3.05) is 18.5 Å². The Kier molecular flexibility index (Phi) is 5.91. The van der Waals surface area contributed by atoms with E-state index in [-0.39, 0.29) is 11.0 Å². The van der Waals surface area contributed by atoms with E-state index >= 15 is 0 Å².